The summed E-state index contributed by atoms with van der Waals surface area (Å²) >= 11 is 0. The van der Waals surface area contributed by atoms with Crippen LogP contribution in [0.5, 0.6) is 5.75 Å². The smallest absolute Gasteiger partial charge is 0.419 e. The van der Waals surface area contributed by atoms with Crippen LogP contribution in [0.3, 0.4) is 0 Å². The molecular weight excluding hydrogens is 409 g/mol. The predicted octanol–water partition coefficient (Wildman–Crippen LogP) is 3.86. The molecule has 1 fully saturated rings. The topological polar surface area (TPSA) is 62.4 Å². The summed E-state index contributed by atoms with van der Waals surface area (Å²) in [5.41, 5.74) is 1.51. The van der Waals surface area contributed by atoms with Crippen LogP contribution in [-0.4, -0.2) is 62.1 Å². The average Bonchev–Trinajstić information content (AvgIpc) is 3.19. The normalized spacial score (nSPS) is 15.6. The zero-order chi connectivity index (χ0) is 22.4. The van der Waals surface area contributed by atoms with Crippen molar-refractivity contribution in [2.24, 2.45) is 5.92 Å². The number of nitrogens with zero attached hydrogens (tertiary/aromatic N) is 2. The number of alkyl halides is 3. The number of H-pyrrole nitrogens is 1. The number of aromatic nitrogens is 2. The molecule has 1 saturated heterocycles. The summed E-state index contributed by atoms with van der Waals surface area (Å²) in [4.78, 5) is 2.09. The van der Waals surface area contributed by atoms with Crippen molar-refractivity contribution in [3.8, 4) is 17.0 Å². The van der Waals surface area contributed by atoms with Crippen LogP contribution in [0.4, 0.5) is 13.2 Å². The molecule has 31 heavy (non-hydrogen) atoms. The quantitative estimate of drug-likeness (QED) is 0.620. The number of nitrogens with one attached hydrogen (secondary N) is 2. The standard InChI is InChI=1S/C22H31F3N4O2/c1-15-10-17(20-18(12-27-28-20)13-29(3)7-6-26-2)11-19(22(23,24)25)21(15)31-14-16-4-8-30-9-5-16/h10-12,16,26H,4-9,13-14H2,1-3H3,(H,27,28). The Hall–Kier alpha value is -2.10. The summed E-state index contributed by atoms with van der Waals surface area (Å²) in [6.45, 7) is 5.38. The van der Waals surface area contributed by atoms with Gasteiger partial charge in [0.1, 0.15) is 5.75 Å². The highest BCUT2D eigenvalue weighted by molar-refractivity contribution is 5.67. The Bertz CT molecular complexity index is 848. The number of ether oxygens (including phenoxy) is 2. The van der Waals surface area contributed by atoms with E-state index in [1.807, 2.05) is 14.1 Å². The van der Waals surface area contributed by atoms with Crippen LogP contribution in [0.2, 0.25) is 0 Å². The molecule has 6 nitrogen and oxygen atoms in total. The van der Waals surface area contributed by atoms with E-state index in [0.29, 0.717) is 36.6 Å². The largest absolute Gasteiger partial charge is 0.492 e. The van der Waals surface area contributed by atoms with E-state index in [1.54, 1.807) is 19.2 Å². The third kappa shape index (κ3) is 6.21. The van der Waals surface area contributed by atoms with Crippen LogP contribution >= 0.6 is 0 Å². The highest BCUT2D eigenvalue weighted by Gasteiger charge is 2.36. The Morgan fingerprint density at radius 3 is 2.71 bits per heavy atom. The van der Waals surface area contributed by atoms with E-state index >= 15 is 0 Å². The molecule has 2 N–H and O–H groups in total. The Morgan fingerprint density at radius 2 is 2.03 bits per heavy atom. The van der Waals surface area contributed by atoms with E-state index in [0.717, 1.165) is 37.6 Å². The van der Waals surface area contributed by atoms with Gasteiger partial charge < -0.3 is 19.7 Å². The Balaban J connectivity index is 1.86. The number of benzene rings is 1. The van der Waals surface area contributed by atoms with Gasteiger partial charge in [0, 0.05) is 50.2 Å². The lowest BCUT2D eigenvalue weighted by Crippen LogP contribution is -2.27. The molecule has 3 rings (SSSR count). The van der Waals surface area contributed by atoms with Gasteiger partial charge in [0.15, 0.2) is 0 Å². The maximum atomic E-state index is 13.9. The first-order chi connectivity index (χ1) is 14.8. The van der Waals surface area contributed by atoms with Crippen LogP contribution in [0.1, 0.15) is 29.5 Å². The van der Waals surface area contributed by atoms with Gasteiger partial charge in [0.05, 0.1) is 17.9 Å². The van der Waals surface area contributed by atoms with Gasteiger partial charge in [0.2, 0.25) is 0 Å². The van der Waals surface area contributed by atoms with Crippen molar-refractivity contribution in [1.29, 1.82) is 0 Å². The first kappa shape index (κ1) is 23.6. The maximum Gasteiger partial charge on any atom is 0.419 e. The first-order valence-electron chi connectivity index (χ1n) is 10.6. The molecule has 0 spiro atoms. The second kappa shape index (κ2) is 10.5. The lowest BCUT2D eigenvalue weighted by atomic mass is 9.99. The molecule has 1 aliphatic rings. The van der Waals surface area contributed by atoms with Gasteiger partial charge in [-0.15, -0.1) is 0 Å². The summed E-state index contributed by atoms with van der Waals surface area (Å²) in [5, 5.41) is 10.1. The molecule has 172 valence electrons. The summed E-state index contributed by atoms with van der Waals surface area (Å²) in [5.74, 6) is 0.117. The Kier molecular flexibility index (Phi) is 7.96. The molecule has 0 unspecified atom stereocenters. The van der Waals surface area contributed by atoms with E-state index in [-0.39, 0.29) is 18.3 Å². The van der Waals surface area contributed by atoms with Crippen molar-refractivity contribution in [1.82, 2.24) is 20.4 Å². The molecule has 0 amide bonds. The molecule has 9 heteroatoms. The monoisotopic (exact) mass is 440 g/mol. The van der Waals surface area contributed by atoms with Crippen molar-refractivity contribution in [3.63, 3.8) is 0 Å². The lowest BCUT2D eigenvalue weighted by Gasteiger charge is -2.24. The third-order valence-corrected chi connectivity index (χ3v) is 5.56. The van der Waals surface area contributed by atoms with Crippen LogP contribution < -0.4 is 10.1 Å². The number of halogens is 3. The lowest BCUT2D eigenvalue weighted by molar-refractivity contribution is -0.139. The molecule has 1 aromatic heterocycles. The number of aryl methyl sites for hydroxylation is 1. The summed E-state index contributed by atoms with van der Waals surface area (Å²) in [7, 11) is 3.85. The second-order valence-electron chi connectivity index (χ2n) is 8.13. The molecule has 2 heterocycles. The minimum absolute atomic E-state index is 0.0917. The number of aromatic amines is 1. The summed E-state index contributed by atoms with van der Waals surface area (Å²) in [6, 6.07) is 2.88. The molecule has 1 aliphatic heterocycles. The molecule has 0 radical (unpaired) electrons. The molecule has 0 saturated carbocycles. The van der Waals surface area contributed by atoms with Gasteiger partial charge in [-0.05, 0) is 57.5 Å². The van der Waals surface area contributed by atoms with Crippen LogP contribution in [0.15, 0.2) is 18.3 Å². The molecule has 0 atom stereocenters. The van der Waals surface area contributed by atoms with E-state index in [9.17, 15) is 13.2 Å². The minimum Gasteiger partial charge on any atom is -0.492 e. The fraction of sp³-hybridized carbons (Fsp3) is 0.591. The zero-order valence-electron chi connectivity index (χ0n) is 18.3. The highest BCUT2D eigenvalue weighted by atomic mass is 19.4. The van der Waals surface area contributed by atoms with Gasteiger partial charge >= 0.3 is 6.18 Å². The third-order valence-electron chi connectivity index (χ3n) is 5.56. The van der Waals surface area contributed by atoms with Gasteiger partial charge in [-0.3, -0.25) is 5.10 Å². The predicted molar refractivity (Wildman–Crippen MR) is 113 cm³/mol. The van der Waals surface area contributed by atoms with Gasteiger partial charge in [-0.2, -0.15) is 18.3 Å². The number of hydrogen-bond donors (Lipinski definition) is 2. The maximum absolute atomic E-state index is 13.9. The van der Waals surface area contributed by atoms with E-state index in [2.05, 4.69) is 20.4 Å². The van der Waals surface area contributed by atoms with E-state index < -0.39 is 11.7 Å². The SMILES string of the molecule is CNCCN(C)Cc1c[nH]nc1-c1cc(C)c(OCC2CCOCC2)c(C(F)(F)F)c1. The molecule has 0 aliphatic carbocycles. The molecule has 2 aromatic rings. The van der Waals surface area contributed by atoms with E-state index in [1.165, 1.54) is 0 Å². The van der Waals surface area contributed by atoms with Crippen molar-refractivity contribution in [3.05, 3.63) is 35.0 Å². The fourth-order valence-electron chi connectivity index (χ4n) is 3.78. The number of likely N-dealkylation sites (N-methyl/N-ethyl adjacent to an activating group) is 2. The molecular formula is C22H31F3N4O2. The second-order valence-corrected chi connectivity index (χ2v) is 8.13. The van der Waals surface area contributed by atoms with Crippen molar-refractivity contribution in [2.75, 3.05) is 47.0 Å². The number of rotatable bonds is 9. The highest BCUT2D eigenvalue weighted by Crippen LogP contribution is 2.41. The fourth-order valence-corrected chi connectivity index (χ4v) is 3.78. The van der Waals surface area contributed by atoms with E-state index in [4.69, 9.17) is 9.47 Å². The van der Waals surface area contributed by atoms with Crippen molar-refractivity contribution < 1.29 is 22.6 Å². The zero-order valence-corrected chi connectivity index (χ0v) is 18.3. The van der Waals surface area contributed by atoms with Crippen molar-refractivity contribution in [2.45, 2.75) is 32.5 Å². The van der Waals surface area contributed by atoms with Crippen molar-refractivity contribution >= 4 is 0 Å². The Labute approximate surface area is 181 Å². The van der Waals surface area contributed by atoms with Gasteiger partial charge in [-0.25, -0.2) is 0 Å². The number of hydrogen-bond acceptors (Lipinski definition) is 5. The van der Waals surface area contributed by atoms with Crippen LogP contribution in [0, 0.1) is 12.8 Å². The minimum atomic E-state index is -4.52. The van der Waals surface area contributed by atoms with Crippen LogP contribution in [0.25, 0.3) is 11.3 Å². The average molecular weight is 441 g/mol. The van der Waals surface area contributed by atoms with Gasteiger partial charge in [0.25, 0.3) is 0 Å². The first-order valence-corrected chi connectivity index (χ1v) is 10.6. The molecule has 0 bridgehead atoms. The van der Waals surface area contributed by atoms with Crippen LogP contribution in [-0.2, 0) is 17.5 Å². The summed E-state index contributed by atoms with van der Waals surface area (Å²) in [6.07, 6.45) is -1.18. The summed E-state index contributed by atoms with van der Waals surface area (Å²) < 4.78 is 52.8. The molecule has 1 aromatic carbocycles. The van der Waals surface area contributed by atoms with Gasteiger partial charge in [-0.1, -0.05) is 0 Å². The Morgan fingerprint density at radius 1 is 1.29 bits per heavy atom.